The van der Waals surface area contributed by atoms with Crippen LogP contribution in [-0.4, -0.2) is 24.1 Å². The summed E-state index contributed by atoms with van der Waals surface area (Å²) in [6.07, 6.45) is 4.66. The molecule has 6 heteroatoms. The molecule has 140 valence electrons. The number of thioether (sulfide) groups is 1. The SMILES string of the molecule is O=C(CSc1ccc2c(c1)CCC2)Nc1ccc(N2CCCC2=O)c(F)c1. The van der Waals surface area contributed by atoms with E-state index < -0.39 is 5.82 Å². The Kier molecular flexibility index (Phi) is 5.16. The molecule has 4 nitrogen and oxygen atoms in total. The van der Waals surface area contributed by atoms with Gasteiger partial charge in [-0.25, -0.2) is 4.39 Å². The van der Waals surface area contributed by atoms with Crippen molar-refractivity contribution >= 4 is 35.0 Å². The highest BCUT2D eigenvalue weighted by atomic mass is 32.2. The number of amides is 2. The monoisotopic (exact) mass is 384 g/mol. The second kappa shape index (κ2) is 7.72. The summed E-state index contributed by atoms with van der Waals surface area (Å²) in [6, 6.07) is 10.9. The number of carbonyl (C=O) groups excluding carboxylic acids is 2. The van der Waals surface area contributed by atoms with Crippen molar-refractivity contribution < 1.29 is 14.0 Å². The van der Waals surface area contributed by atoms with E-state index in [2.05, 4.69) is 23.5 Å². The van der Waals surface area contributed by atoms with Crippen molar-refractivity contribution in [1.29, 1.82) is 0 Å². The standard InChI is InChI=1S/C21H21FN2O2S/c22-18-12-16(7-9-19(18)24-10-2-5-21(24)26)23-20(25)13-27-17-8-6-14-3-1-4-15(14)11-17/h6-9,11-12H,1-5,10,13H2,(H,23,25). The van der Waals surface area contributed by atoms with Crippen LogP contribution in [0.4, 0.5) is 15.8 Å². The van der Waals surface area contributed by atoms with Crippen LogP contribution in [0, 0.1) is 5.82 Å². The molecule has 2 aromatic carbocycles. The lowest BCUT2D eigenvalue weighted by atomic mass is 10.1. The van der Waals surface area contributed by atoms with E-state index in [9.17, 15) is 14.0 Å². The summed E-state index contributed by atoms with van der Waals surface area (Å²) in [5.74, 6) is -0.456. The lowest BCUT2D eigenvalue weighted by Crippen LogP contribution is -2.24. The molecule has 0 saturated carbocycles. The predicted octanol–water partition coefficient (Wildman–Crippen LogP) is 4.17. The Morgan fingerprint density at radius 3 is 2.70 bits per heavy atom. The van der Waals surface area contributed by atoms with E-state index in [0.717, 1.165) is 24.2 Å². The number of hydrogen-bond acceptors (Lipinski definition) is 3. The van der Waals surface area contributed by atoms with Crippen molar-refractivity contribution in [2.75, 3.05) is 22.5 Å². The minimum Gasteiger partial charge on any atom is -0.325 e. The summed E-state index contributed by atoms with van der Waals surface area (Å²) >= 11 is 1.48. The average Bonchev–Trinajstić information content (AvgIpc) is 3.28. The second-order valence-electron chi connectivity index (χ2n) is 6.94. The maximum atomic E-state index is 14.4. The van der Waals surface area contributed by atoms with Crippen LogP contribution < -0.4 is 10.2 Å². The Hall–Kier alpha value is -2.34. The average molecular weight is 384 g/mol. The minimum absolute atomic E-state index is 0.0589. The molecule has 1 heterocycles. The zero-order valence-electron chi connectivity index (χ0n) is 15.0. The van der Waals surface area contributed by atoms with Gasteiger partial charge in [0, 0.05) is 23.5 Å². The number of nitrogens with zero attached hydrogens (tertiary/aromatic N) is 1. The van der Waals surface area contributed by atoms with E-state index >= 15 is 0 Å². The summed E-state index contributed by atoms with van der Waals surface area (Å²) in [5.41, 5.74) is 3.48. The van der Waals surface area contributed by atoms with Gasteiger partial charge < -0.3 is 10.2 Å². The fourth-order valence-electron chi connectivity index (χ4n) is 3.69. The van der Waals surface area contributed by atoms with E-state index in [1.165, 1.54) is 40.3 Å². The first kappa shape index (κ1) is 18.0. The van der Waals surface area contributed by atoms with Crippen molar-refractivity contribution in [2.24, 2.45) is 0 Å². The maximum absolute atomic E-state index is 14.4. The van der Waals surface area contributed by atoms with Gasteiger partial charge in [0.15, 0.2) is 0 Å². The van der Waals surface area contributed by atoms with E-state index in [1.807, 2.05) is 0 Å². The van der Waals surface area contributed by atoms with Crippen LogP contribution in [0.3, 0.4) is 0 Å². The molecule has 27 heavy (non-hydrogen) atoms. The third-order valence-corrected chi connectivity index (χ3v) is 6.03. The molecule has 0 unspecified atom stereocenters. The molecule has 1 saturated heterocycles. The zero-order chi connectivity index (χ0) is 18.8. The predicted molar refractivity (Wildman–Crippen MR) is 106 cm³/mol. The Balaban J connectivity index is 1.35. The minimum atomic E-state index is -0.491. The van der Waals surface area contributed by atoms with E-state index in [1.54, 1.807) is 12.1 Å². The molecule has 1 aliphatic carbocycles. The van der Waals surface area contributed by atoms with Gasteiger partial charge in [0.05, 0.1) is 11.4 Å². The molecule has 0 spiro atoms. The molecule has 0 aromatic heterocycles. The normalized spacial score (nSPS) is 15.9. The number of halogens is 1. The summed E-state index contributed by atoms with van der Waals surface area (Å²) in [5, 5.41) is 2.73. The third-order valence-electron chi connectivity index (χ3n) is 5.04. The van der Waals surface area contributed by atoms with Gasteiger partial charge in [-0.2, -0.15) is 0 Å². The fourth-order valence-corrected chi connectivity index (χ4v) is 4.45. The van der Waals surface area contributed by atoms with Crippen molar-refractivity contribution in [3.05, 3.63) is 53.3 Å². The van der Waals surface area contributed by atoms with E-state index in [-0.39, 0.29) is 23.3 Å². The first-order valence-electron chi connectivity index (χ1n) is 9.24. The highest BCUT2D eigenvalue weighted by molar-refractivity contribution is 8.00. The van der Waals surface area contributed by atoms with E-state index in [4.69, 9.17) is 0 Å². The van der Waals surface area contributed by atoms with Crippen LogP contribution in [-0.2, 0) is 22.4 Å². The topological polar surface area (TPSA) is 49.4 Å². The summed E-state index contributed by atoms with van der Waals surface area (Å²) in [6.45, 7) is 0.541. The molecule has 2 amide bonds. The molecule has 2 aromatic rings. The molecule has 1 aliphatic heterocycles. The van der Waals surface area contributed by atoms with Gasteiger partial charge >= 0.3 is 0 Å². The van der Waals surface area contributed by atoms with Gasteiger partial charge in [-0.05, 0) is 67.1 Å². The Bertz CT molecular complexity index is 900. The van der Waals surface area contributed by atoms with Gasteiger partial charge in [-0.3, -0.25) is 9.59 Å². The number of carbonyl (C=O) groups is 2. The fraction of sp³-hybridized carbons (Fsp3) is 0.333. The summed E-state index contributed by atoms with van der Waals surface area (Å²) < 4.78 is 14.4. The van der Waals surface area contributed by atoms with Crippen molar-refractivity contribution in [1.82, 2.24) is 0 Å². The van der Waals surface area contributed by atoms with Crippen LogP contribution in [0.2, 0.25) is 0 Å². The number of hydrogen-bond donors (Lipinski definition) is 1. The molecule has 0 radical (unpaired) electrons. The van der Waals surface area contributed by atoms with E-state index in [0.29, 0.717) is 18.7 Å². The largest absolute Gasteiger partial charge is 0.325 e. The first-order valence-corrected chi connectivity index (χ1v) is 10.2. The van der Waals surface area contributed by atoms with Crippen LogP contribution >= 0.6 is 11.8 Å². The number of rotatable bonds is 5. The number of fused-ring (bicyclic) bond motifs is 1. The van der Waals surface area contributed by atoms with Gasteiger partial charge in [0.25, 0.3) is 0 Å². The van der Waals surface area contributed by atoms with Crippen LogP contribution in [0.25, 0.3) is 0 Å². The second-order valence-corrected chi connectivity index (χ2v) is 7.98. The highest BCUT2D eigenvalue weighted by Gasteiger charge is 2.24. The number of benzene rings is 2. The van der Waals surface area contributed by atoms with Crippen LogP contribution in [0.1, 0.15) is 30.4 Å². The third kappa shape index (κ3) is 4.00. The zero-order valence-corrected chi connectivity index (χ0v) is 15.8. The first-order chi connectivity index (χ1) is 13.1. The van der Waals surface area contributed by atoms with Gasteiger partial charge in [0.2, 0.25) is 11.8 Å². The summed E-state index contributed by atoms with van der Waals surface area (Å²) in [4.78, 5) is 26.5. The van der Waals surface area contributed by atoms with Crippen molar-refractivity contribution in [3.8, 4) is 0 Å². The molecule has 1 N–H and O–H groups in total. The number of aryl methyl sites for hydroxylation is 2. The Morgan fingerprint density at radius 2 is 1.93 bits per heavy atom. The van der Waals surface area contributed by atoms with Crippen molar-refractivity contribution in [3.63, 3.8) is 0 Å². The lowest BCUT2D eigenvalue weighted by molar-refractivity contribution is -0.117. The number of nitrogens with one attached hydrogen (secondary N) is 1. The van der Waals surface area contributed by atoms with Crippen molar-refractivity contribution in [2.45, 2.75) is 37.0 Å². The molecule has 1 fully saturated rings. The highest BCUT2D eigenvalue weighted by Crippen LogP contribution is 2.29. The molecule has 0 bridgehead atoms. The van der Waals surface area contributed by atoms with Crippen LogP contribution in [0.5, 0.6) is 0 Å². The molecule has 0 atom stereocenters. The Labute approximate surface area is 162 Å². The van der Waals surface area contributed by atoms with Gasteiger partial charge in [-0.1, -0.05) is 6.07 Å². The molecule has 2 aliphatic rings. The Morgan fingerprint density at radius 1 is 1.07 bits per heavy atom. The molecule has 4 rings (SSSR count). The lowest BCUT2D eigenvalue weighted by Gasteiger charge is -2.17. The van der Waals surface area contributed by atoms with Gasteiger partial charge in [-0.15, -0.1) is 11.8 Å². The van der Waals surface area contributed by atoms with Gasteiger partial charge in [0.1, 0.15) is 5.82 Å². The smallest absolute Gasteiger partial charge is 0.234 e. The molecular weight excluding hydrogens is 363 g/mol. The maximum Gasteiger partial charge on any atom is 0.234 e. The summed E-state index contributed by atoms with van der Waals surface area (Å²) in [7, 11) is 0. The quantitative estimate of drug-likeness (QED) is 0.787. The number of anilines is 2. The van der Waals surface area contributed by atoms with Crippen LogP contribution in [0.15, 0.2) is 41.3 Å². The molecular formula is C21H21FN2O2S.